The molecule has 1 aliphatic rings. The third-order valence-corrected chi connectivity index (χ3v) is 4.73. The maximum Gasteiger partial charge on any atom is 0.356 e. The first-order chi connectivity index (χ1) is 13.2. The number of rotatable bonds is 4. The highest BCUT2D eigenvalue weighted by Crippen LogP contribution is 2.27. The number of carbonyl (C=O) groups excluding carboxylic acids is 1. The predicted molar refractivity (Wildman–Crippen MR) is 101 cm³/mol. The summed E-state index contributed by atoms with van der Waals surface area (Å²) in [5.41, 5.74) is 4.42. The first-order valence-electron chi connectivity index (χ1n) is 9.00. The minimum Gasteiger partial charge on any atom is -0.464 e. The molecule has 0 radical (unpaired) electrons. The van der Waals surface area contributed by atoms with Crippen molar-refractivity contribution in [3.8, 4) is 0 Å². The molecule has 7 heteroatoms. The van der Waals surface area contributed by atoms with Gasteiger partial charge in [0.05, 0.1) is 25.8 Å². The number of aryl methyl sites for hydroxylation is 1. The van der Waals surface area contributed by atoms with Crippen molar-refractivity contribution < 1.29 is 14.3 Å². The van der Waals surface area contributed by atoms with Crippen LogP contribution in [0, 0.1) is 6.92 Å². The summed E-state index contributed by atoms with van der Waals surface area (Å²) in [4.78, 5) is 18.5. The summed E-state index contributed by atoms with van der Waals surface area (Å²) in [6, 6.07) is 9.59. The molecule has 1 aliphatic heterocycles. The molecule has 0 aliphatic carbocycles. The molecule has 0 N–H and O–H groups in total. The quantitative estimate of drug-likeness (QED) is 0.660. The van der Waals surface area contributed by atoms with Crippen LogP contribution in [0.15, 0.2) is 36.5 Å². The number of methoxy groups -OCH3 is 1. The number of hydrogen-bond donors (Lipinski definition) is 0. The molecule has 7 nitrogen and oxygen atoms in total. The molecule has 0 amide bonds. The fourth-order valence-corrected chi connectivity index (χ4v) is 3.37. The fraction of sp³-hybridized carbons (Fsp3) is 0.350. The van der Waals surface area contributed by atoms with Gasteiger partial charge in [-0.05, 0) is 30.7 Å². The lowest BCUT2D eigenvalue weighted by Crippen LogP contribution is -2.37. The van der Waals surface area contributed by atoms with Crippen LogP contribution < -0.4 is 4.90 Å². The Labute approximate surface area is 157 Å². The van der Waals surface area contributed by atoms with Crippen LogP contribution in [0.1, 0.15) is 27.3 Å². The van der Waals surface area contributed by atoms with E-state index < -0.39 is 5.97 Å². The lowest BCUT2D eigenvalue weighted by Gasteiger charge is -2.27. The number of anilines is 1. The highest BCUT2D eigenvalue weighted by molar-refractivity contribution is 5.87. The largest absolute Gasteiger partial charge is 0.464 e. The van der Waals surface area contributed by atoms with Gasteiger partial charge in [-0.15, -0.1) is 5.10 Å². The average molecular weight is 366 g/mol. The molecule has 1 saturated heterocycles. The minimum atomic E-state index is -0.430. The van der Waals surface area contributed by atoms with Gasteiger partial charge in [0.1, 0.15) is 5.69 Å². The van der Waals surface area contributed by atoms with E-state index in [0.717, 1.165) is 41.2 Å². The summed E-state index contributed by atoms with van der Waals surface area (Å²) < 4.78 is 12.2. The van der Waals surface area contributed by atoms with Gasteiger partial charge in [-0.3, -0.25) is 0 Å². The first-order valence-corrected chi connectivity index (χ1v) is 9.00. The van der Waals surface area contributed by atoms with Gasteiger partial charge in [0.25, 0.3) is 0 Å². The van der Waals surface area contributed by atoms with Crippen LogP contribution in [0.25, 0.3) is 5.52 Å². The Hall–Kier alpha value is -2.93. The van der Waals surface area contributed by atoms with Crippen molar-refractivity contribution in [2.45, 2.75) is 13.3 Å². The number of nitrogens with zero attached hydrogens (tertiary/aromatic N) is 4. The summed E-state index contributed by atoms with van der Waals surface area (Å²) in [5.74, 6) is 0.523. The zero-order chi connectivity index (χ0) is 18.8. The molecule has 0 aromatic carbocycles. The molecule has 140 valence electrons. The van der Waals surface area contributed by atoms with E-state index in [9.17, 15) is 4.79 Å². The van der Waals surface area contributed by atoms with Gasteiger partial charge >= 0.3 is 5.97 Å². The van der Waals surface area contributed by atoms with E-state index in [1.165, 1.54) is 7.11 Å². The molecule has 1 fully saturated rings. The summed E-state index contributed by atoms with van der Waals surface area (Å²) >= 11 is 0. The van der Waals surface area contributed by atoms with E-state index in [4.69, 9.17) is 14.6 Å². The Morgan fingerprint density at radius 2 is 2.04 bits per heavy atom. The predicted octanol–water partition coefficient (Wildman–Crippen LogP) is 2.25. The van der Waals surface area contributed by atoms with Crippen LogP contribution in [0.2, 0.25) is 0 Å². The number of aromatic nitrogens is 3. The Bertz CT molecular complexity index is 977. The van der Waals surface area contributed by atoms with E-state index in [0.29, 0.717) is 25.3 Å². The molecule has 3 aromatic rings. The second-order valence-corrected chi connectivity index (χ2v) is 6.62. The van der Waals surface area contributed by atoms with Gasteiger partial charge in [0, 0.05) is 37.0 Å². The number of hydrogen-bond acceptors (Lipinski definition) is 6. The van der Waals surface area contributed by atoms with Crippen molar-refractivity contribution in [3.05, 3.63) is 59.0 Å². The number of pyridine rings is 2. The van der Waals surface area contributed by atoms with Gasteiger partial charge in [-0.2, -0.15) is 0 Å². The second kappa shape index (κ2) is 7.36. The monoisotopic (exact) mass is 366 g/mol. The van der Waals surface area contributed by atoms with Crippen molar-refractivity contribution in [1.29, 1.82) is 0 Å². The van der Waals surface area contributed by atoms with Crippen molar-refractivity contribution in [2.75, 3.05) is 38.3 Å². The molecule has 0 spiro atoms. The van der Waals surface area contributed by atoms with Gasteiger partial charge in [-0.25, -0.2) is 14.3 Å². The summed E-state index contributed by atoms with van der Waals surface area (Å²) in [6.07, 6.45) is 2.62. The molecule has 0 bridgehead atoms. The summed E-state index contributed by atoms with van der Waals surface area (Å²) in [5, 5.41) is 4.83. The molecule has 27 heavy (non-hydrogen) atoms. The third-order valence-electron chi connectivity index (χ3n) is 4.73. The number of carbonyl (C=O) groups is 1. The second-order valence-electron chi connectivity index (χ2n) is 6.62. The maximum atomic E-state index is 11.8. The lowest BCUT2D eigenvalue weighted by molar-refractivity contribution is 0.0593. The van der Waals surface area contributed by atoms with Crippen LogP contribution in [-0.2, 0) is 15.9 Å². The Morgan fingerprint density at radius 1 is 1.22 bits per heavy atom. The molecule has 0 saturated carbocycles. The van der Waals surface area contributed by atoms with Gasteiger partial charge < -0.3 is 14.4 Å². The highest BCUT2D eigenvalue weighted by Gasteiger charge is 2.21. The van der Waals surface area contributed by atoms with Gasteiger partial charge in [-0.1, -0.05) is 12.1 Å². The van der Waals surface area contributed by atoms with Crippen LogP contribution in [0.3, 0.4) is 0 Å². The Morgan fingerprint density at radius 3 is 2.81 bits per heavy atom. The van der Waals surface area contributed by atoms with Crippen LogP contribution in [0.4, 0.5) is 5.82 Å². The molecular formula is C20H22N4O3. The van der Waals surface area contributed by atoms with E-state index in [1.54, 1.807) is 6.07 Å². The van der Waals surface area contributed by atoms with E-state index in [2.05, 4.69) is 28.9 Å². The van der Waals surface area contributed by atoms with Gasteiger partial charge in [0.15, 0.2) is 5.82 Å². The minimum absolute atomic E-state index is 0.315. The number of fused-ring (bicyclic) bond motifs is 1. The zero-order valence-electron chi connectivity index (χ0n) is 15.5. The van der Waals surface area contributed by atoms with Crippen LogP contribution >= 0.6 is 0 Å². The lowest BCUT2D eigenvalue weighted by atomic mass is 10.1. The topological polar surface area (TPSA) is 69.0 Å². The standard InChI is InChI=1S/C20H22N4O3/c1-14-6-7-18-16(12-15-4-3-5-17(21-15)20(25)26-2)19(22-24(18)13-14)23-8-10-27-11-9-23/h3-7,13H,8-12H2,1-2H3. The number of esters is 1. The maximum absolute atomic E-state index is 11.8. The van der Waals surface area contributed by atoms with Crippen LogP contribution in [-0.4, -0.2) is 54.0 Å². The molecular weight excluding hydrogens is 344 g/mol. The van der Waals surface area contributed by atoms with Crippen molar-refractivity contribution in [2.24, 2.45) is 0 Å². The molecule has 0 atom stereocenters. The zero-order valence-corrected chi connectivity index (χ0v) is 15.5. The van der Waals surface area contributed by atoms with Crippen molar-refractivity contribution in [1.82, 2.24) is 14.6 Å². The molecule has 0 unspecified atom stereocenters. The van der Waals surface area contributed by atoms with Crippen molar-refractivity contribution in [3.63, 3.8) is 0 Å². The Kier molecular flexibility index (Phi) is 4.77. The summed E-state index contributed by atoms with van der Waals surface area (Å²) in [7, 11) is 1.36. The molecule has 4 heterocycles. The van der Waals surface area contributed by atoms with Gasteiger partial charge in [0.2, 0.25) is 0 Å². The summed E-state index contributed by atoms with van der Waals surface area (Å²) in [6.45, 7) is 5.07. The number of ether oxygens (including phenoxy) is 2. The number of morpholine rings is 1. The first kappa shape index (κ1) is 17.5. The molecule has 3 aromatic heterocycles. The smallest absolute Gasteiger partial charge is 0.356 e. The van der Waals surface area contributed by atoms with Crippen molar-refractivity contribution >= 4 is 17.3 Å². The van der Waals surface area contributed by atoms with Crippen LogP contribution in [0.5, 0.6) is 0 Å². The highest BCUT2D eigenvalue weighted by atomic mass is 16.5. The Balaban J connectivity index is 1.76. The SMILES string of the molecule is COC(=O)c1cccc(Cc2c(N3CCOCC3)nn3cc(C)ccc23)n1. The van der Waals surface area contributed by atoms with E-state index in [1.807, 2.05) is 22.8 Å². The van der Waals surface area contributed by atoms with E-state index in [-0.39, 0.29) is 0 Å². The van der Waals surface area contributed by atoms with E-state index >= 15 is 0 Å². The average Bonchev–Trinajstić information content (AvgIpc) is 3.05. The normalized spacial score (nSPS) is 14.5. The third kappa shape index (κ3) is 3.50. The fourth-order valence-electron chi connectivity index (χ4n) is 3.37. The molecule has 4 rings (SSSR count).